The number of aliphatic hydroxyl groups is 1. The van der Waals surface area contributed by atoms with Crippen LogP contribution >= 0.6 is 0 Å². The van der Waals surface area contributed by atoms with Crippen LogP contribution < -0.4 is 15.8 Å². The Morgan fingerprint density at radius 3 is 2.43 bits per heavy atom. The highest BCUT2D eigenvalue weighted by Gasteiger charge is 2.21. The maximum Gasteiger partial charge on any atom is 0.223 e. The highest BCUT2D eigenvalue weighted by atomic mass is 16.5. The van der Waals surface area contributed by atoms with Crippen LogP contribution in [0.1, 0.15) is 50.6 Å². The second-order valence-electron chi connectivity index (χ2n) is 7.85. The van der Waals surface area contributed by atoms with Gasteiger partial charge in [0, 0.05) is 17.3 Å². The van der Waals surface area contributed by atoms with Crippen molar-refractivity contribution in [1.29, 1.82) is 0 Å². The number of ether oxygens (including phenoxy) is 1. The molecule has 0 amide bonds. The smallest absolute Gasteiger partial charge is 0.223 e. The summed E-state index contributed by atoms with van der Waals surface area (Å²) in [7, 11) is 1.60. The molecule has 3 aromatic rings. The molecule has 0 aliphatic rings. The molecule has 3 heterocycles. The summed E-state index contributed by atoms with van der Waals surface area (Å²) in [6, 6.07) is 3.77. The van der Waals surface area contributed by atoms with Gasteiger partial charge >= 0.3 is 0 Å². The van der Waals surface area contributed by atoms with E-state index >= 15 is 0 Å². The summed E-state index contributed by atoms with van der Waals surface area (Å²) in [5.41, 5.74) is 7.67. The van der Waals surface area contributed by atoms with Gasteiger partial charge in [-0.2, -0.15) is 9.97 Å². The predicted molar refractivity (Wildman–Crippen MR) is 116 cm³/mol. The minimum Gasteiger partial charge on any atom is -0.481 e. The summed E-state index contributed by atoms with van der Waals surface area (Å²) >= 11 is 0. The fraction of sp³-hybridized carbons (Fsp3) is 0.381. The molecule has 0 fully saturated rings. The van der Waals surface area contributed by atoms with E-state index in [2.05, 4.69) is 44.1 Å². The Kier molecular flexibility index (Phi) is 5.84. The number of methoxy groups -OCH3 is 1. The molecule has 9 nitrogen and oxygen atoms in total. The molecular formula is C21H27N7O2. The van der Waals surface area contributed by atoms with Crippen molar-refractivity contribution in [2.75, 3.05) is 18.2 Å². The lowest BCUT2D eigenvalue weighted by Crippen LogP contribution is -2.16. The van der Waals surface area contributed by atoms with Crippen LogP contribution in [-0.2, 0) is 5.60 Å². The van der Waals surface area contributed by atoms with E-state index in [1.165, 1.54) is 0 Å². The number of aryl methyl sites for hydroxylation is 1. The summed E-state index contributed by atoms with van der Waals surface area (Å²) in [5.74, 6) is 2.30. The number of anilines is 3. The highest BCUT2D eigenvalue weighted by Crippen LogP contribution is 2.33. The van der Waals surface area contributed by atoms with E-state index in [-0.39, 0.29) is 11.9 Å². The van der Waals surface area contributed by atoms with Crippen LogP contribution in [0.15, 0.2) is 24.5 Å². The number of nitrogens with two attached hydrogens (primary N) is 1. The van der Waals surface area contributed by atoms with Gasteiger partial charge < -0.3 is 20.9 Å². The van der Waals surface area contributed by atoms with Crippen molar-refractivity contribution >= 4 is 17.5 Å². The van der Waals surface area contributed by atoms with Crippen LogP contribution in [0.25, 0.3) is 11.4 Å². The topological polar surface area (TPSA) is 132 Å². The average Bonchev–Trinajstić information content (AvgIpc) is 2.66. The molecule has 0 saturated carbocycles. The van der Waals surface area contributed by atoms with Crippen molar-refractivity contribution in [3.05, 3.63) is 41.5 Å². The number of aromatic nitrogens is 5. The third kappa shape index (κ3) is 4.62. The van der Waals surface area contributed by atoms with Gasteiger partial charge in [0.25, 0.3) is 0 Å². The lowest BCUT2D eigenvalue weighted by molar-refractivity contribution is 0.0783. The van der Waals surface area contributed by atoms with Crippen molar-refractivity contribution in [2.45, 2.75) is 46.1 Å². The van der Waals surface area contributed by atoms with Crippen molar-refractivity contribution in [3.8, 4) is 17.3 Å². The van der Waals surface area contributed by atoms with E-state index < -0.39 is 5.60 Å². The molecule has 4 N–H and O–H groups in total. The van der Waals surface area contributed by atoms with Gasteiger partial charge in [-0.3, -0.25) is 0 Å². The Hall–Kier alpha value is -3.33. The normalized spacial score (nSPS) is 11.6. The minimum atomic E-state index is -1.08. The van der Waals surface area contributed by atoms with E-state index in [0.29, 0.717) is 34.5 Å². The molecule has 0 spiro atoms. The Bertz CT molecular complexity index is 1040. The summed E-state index contributed by atoms with van der Waals surface area (Å²) in [6.45, 7) is 9.26. The van der Waals surface area contributed by atoms with E-state index in [1.807, 2.05) is 6.07 Å². The molecule has 3 aromatic heterocycles. The molecule has 0 unspecified atom stereocenters. The van der Waals surface area contributed by atoms with E-state index in [9.17, 15) is 5.11 Å². The molecule has 0 bridgehead atoms. The first-order valence-electron chi connectivity index (χ1n) is 9.61. The number of nitrogens with one attached hydrogen (secondary N) is 1. The first kappa shape index (κ1) is 21.4. The van der Waals surface area contributed by atoms with Gasteiger partial charge in [0.15, 0.2) is 5.82 Å². The van der Waals surface area contributed by atoms with E-state index in [1.54, 1.807) is 46.3 Å². The predicted octanol–water partition coefficient (Wildman–Crippen LogP) is 3.32. The number of hydrogen-bond donors (Lipinski definition) is 3. The summed E-state index contributed by atoms with van der Waals surface area (Å²) in [4.78, 5) is 21.6. The van der Waals surface area contributed by atoms with E-state index in [0.717, 1.165) is 11.3 Å². The molecule has 0 aliphatic heterocycles. The lowest BCUT2D eigenvalue weighted by atomic mass is 9.98. The van der Waals surface area contributed by atoms with Gasteiger partial charge in [0.1, 0.15) is 11.6 Å². The number of nitrogens with zero attached hydrogens (tertiary/aromatic N) is 5. The molecule has 0 aromatic carbocycles. The zero-order valence-electron chi connectivity index (χ0n) is 18.1. The van der Waals surface area contributed by atoms with Gasteiger partial charge in [0.05, 0.1) is 30.2 Å². The standard InChI is InChI=1S/C21H27N7O2/c1-11(2)15-8-14(10-24-19(15)30-6)27-17-16(7-13(9-23-17)21(4,5)29)18-25-12(3)26-20(22)28-18/h7-11,29H,1-6H3,(H,23,27)(H2,22,25,26,28). The van der Waals surface area contributed by atoms with Crippen molar-refractivity contribution < 1.29 is 9.84 Å². The number of hydrogen-bond acceptors (Lipinski definition) is 9. The third-order valence-electron chi connectivity index (χ3n) is 4.56. The lowest BCUT2D eigenvalue weighted by Gasteiger charge is -2.20. The Labute approximate surface area is 175 Å². The van der Waals surface area contributed by atoms with Crippen LogP contribution in [0.4, 0.5) is 17.5 Å². The second-order valence-corrected chi connectivity index (χ2v) is 7.85. The first-order valence-corrected chi connectivity index (χ1v) is 9.61. The average molecular weight is 409 g/mol. The molecular weight excluding hydrogens is 382 g/mol. The SMILES string of the molecule is COc1ncc(Nc2ncc(C(C)(C)O)cc2-c2nc(C)nc(N)n2)cc1C(C)C. The summed E-state index contributed by atoms with van der Waals surface area (Å²) in [5, 5.41) is 13.7. The number of pyridine rings is 2. The van der Waals surface area contributed by atoms with Crippen LogP contribution in [-0.4, -0.2) is 37.1 Å². The zero-order chi connectivity index (χ0) is 22.1. The first-order chi connectivity index (χ1) is 14.1. The molecule has 0 aliphatic carbocycles. The maximum absolute atomic E-state index is 10.4. The highest BCUT2D eigenvalue weighted by molar-refractivity contribution is 5.75. The molecule has 0 radical (unpaired) electrons. The van der Waals surface area contributed by atoms with Gasteiger partial charge in [-0.1, -0.05) is 13.8 Å². The Morgan fingerprint density at radius 1 is 1.10 bits per heavy atom. The van der Waals surface area contributed by atoms with Gasteiger partial charge in [-0.25, -0.2) is 15.0 Å². The Morgan fingerprint density at radius 2 is 1.83 bits per heavy atom. The quantitative estimate of drug-likeness (QED) is 0.561. The van der Waals surface area contributed by atoms with Crippen LogP contribution in [0, 0.1) is 6.92 Å². The molecule has 9 heteroatoms. The fourth-order valence-electron chi connectivity index (χ4n) is 2.95. The molecule has 158 valence electrons. The van der Waals surface area contributed by atoms with E-state index in [4.69, 9.17) is 10.5 Å². The third-order valence-corrected chi connectivity index (χ3v) is 4.56. The van der Waals surface area contributed by atoms with Crippen molar-refractivity contribution in [2.24, 2.45) is 0 Å². The summed E-state index contributed by atoms with van der Waals surface area (Å²) < 4.78 is 5.36. The fourth-order valence-corrected chi connectivity index (χ4v) is 2.95. The van der Waals surface area contributed by atoms with Crippen LogP contribution in [0.5, 0.6) is 5.88 Å². The van der Waals surface area contributed by atoms with Crippen molar-refractivity contribution in [3.63, 3.8) is 0 Å². The maximum atomic E-state index is 10.4. The monoisotopic (exact) mass is 409 g/mol. The molecule has 0 atom stereocenters. The van der Waals surface area contributed by atoms with Gasteiger partial charge in [0.2, 0.25) is 11.8 Å². The minimum absolute atomic E-state index is 0.116. The van der Waals surface area contributed by atoms with Crippen molar-refractivity contribution in [1.82, 2.24) is 24.9 Å². The second kappa shape index (κ2) is 8.19. The molecule has 3 rings (SSSR count). The van der Waals surface area contributed by atoms with Crippen LogP contribution in [0.2, 0.25) is 0 Å². The van der Waals surface area contributed by atoms with Crippen LogP contribution in [0.3, 0.4) is 0 Å². The largest absolute Gasteiger partial charge is 0.481 e. The van der Waals surface area contributed by atoms with Gasteiger partial charge in [-0.05, 0) is 38.8 Å². The molecule has 30 heavy (non-hydrogen) atoms. The molecule has 0 saturated heterocycles. The summed E-state index contributed by atoms with van der Waals surface area (Å²) in [6.07, 6.45) is 3.29. The Balaban J connectivity index is 2.12. The number of rotatable bonds is 6. The number of nitrogen functional groups attached to an aromatic ring is 1. The van der Waals surface area contributed by atoms with Gasteiger partial charge in [-0.15, -0.1) is 0 Å². The zero-order valence-corrected chi connectivity index (χ0v) is 18.1.